The van der Waals surface area contributed by atoms with E-state index in [0.29, 0.717) is 24.6 Å². The molecule has 2 N–H and O–H groups in total. The molecule has 5 heteroatoms. The van der Waals surface area contributed by atoms with Crippen molar-refractivity contribution in [3.63, 3.8) is 0 Å². The maximum Gasteiger partial charge on any atom is 0.254 e. The lowest BCUT2D eigenvalue weighted by Gasteiger charge is -2.25. The van der Waals surface area contributed by atoms with Crippen molar-refractivity contribution in [1.29, 1.82) is 0 Å². The number of hydrogen-bond acceptors (Lipinski definition) is 2. The van der Waals surface area contributed by atoms with Crippen molar-refractivity contribution in [3.8, 4) is 0 Å². The van der Waals surface area contributed by atoms with Gasteiger partial charge >= 0.3 is 0 Å². The van der Waals surface area contributed by atoms with Crippen molar-refractivity contribution >= 4 is 18.3 Å². The van der Waals surface area contributed by atoms with E-state index in [1.165, 1.54) is 12.1 Å². The molecule has 0 bridgehead atoms. The van der Waals surface area contributed by atoms with Crippen molar-refractivity contribution < 1.29 is 9.18 Å². The van der Waals surface area contributed by atoms with Crippen LogP contribution in [0, 0.1) is 11.7 Å². The number of nitrogens with zero attached hydrogens (tertiary/aromatic N) is 1. The first-order valence-electron chi connectivity index (χ1n) is 7.94. The van der Waals surface area contributed by atoms with Crippen LogP contribution in [0.1, 0.15) is 40.9 Å². The highest BCUT2D eigenvalue weighted by Gasteiger charge is 2.34. The summed E-state index contributed by atoms with van der Waals surface area (Å²) in [5.41, 5.74) is 8.11. The Balaban J connectivity index is 0.00000208. The molecular weight excluding hydrogens is 327 g/mol. The van der Waals surface area contributed by atoms with Crippen LogP contribution in [0.2, 0.25) is 0 Å². The normalized spacial score (nSPS) is 19.9. The van der Waals surface area contributed by atoms with Crippen LogP contribution in [0.5, 0.6) is 0 Å². The van der Waals surface area contributed by atoms with E-state index in [4.69, 9.17) is 5.73 Å². The maximum absolute atomic E-state index is 13.5. The molecule has 2 unspecified atom stereocenters. The quantitative estimate of drug-likeness (QED) is 0.913. The highest BCUT2D eigenvalue weighted by atomic mass is 35.5. The molecule has 2 atom stereocenters. The first-order valence-corrected chi connectivity index (χ1v) is 7.94. The van der Waals surface area contributed by atoms with E-state index in [1.807, 2.05) is 35.2 Å². The molecule has 1 aliphatic rings. The Bertz CT molecular complexity index is 705. The van der Waals surface area contributed by atoms with Crippen LogP contribution < -0.4 is 5.73 Å². The zero-order valence-corrected chi connectivity index (χ0v) is 14.4. The standard InChI is InChI=1S/C19H21FN2O.ClH/c1-13-9-18(16-3-2-4-17(20)10-16)22(12-13)19(23)15-7-5-14(11-21)6-8-15;/h2-8,10,13,18H,9,11-12,21H2,1H3;1H. The van der Waals surface area contributed by atoms with Gasteiger partial charge in [-0.3, -0.25) is 4.79 Å². The second-order valence-corrected chi connectivity index (χ2v) is 6.27. The van der Waals surface area contributed by atoms with Gasteiger partial charge < -0.3 is 10.6 Å². The third-order valence-corrected chi connectivity index (χ3v) is 4.44. The van der Waals surface area contributed by atoms with E-state index in [9.17, 15) is 9.18 Å². The number of carbonyl (C=O) groups excluding carboxylic acids is 1. The zero-order valence-electron chi connectivity index (χ0n) is 13.6. The highest BCUT2D eigenvalue weighted by molar-refractivity contribution is 5.94. The number of rotatable bonds is 3. The Morgan fingerprint density at radius 1 is 1.25 bits per heavy atom. The van der Waals surface area contributed by atoms with Crippen LogP contribution in [0.3, 0.4) is 0 Å². The number of halogens is 2. The molecule has 0 aliphatic carbocycles. The van der Waals surface area contributed by atoms with Crippen LogP contribution in [0.25, 0.3) is 0 Å². The summed E-state index contributed by atoms with van der Waals surface area (Å²) in [4.78, 5) is 14.7. The predicted molar refractivity (Wildman–Crippen MR) is 95.5 cm³/mol. The Morgan fingerprint density at radius 3 is 2.58 bits per heavy atom. The molecule has 128 valence electrons. The summed E-state index contributed by atoms with van der Waals surface area (Å²) in [6.07, 6.45) is 0.857. The Hall–Kier alpha value is -1.91. The van der Waals surface area contributed by atoms with E-state index in [-0.39, 0.29) is 30.2 Å². The van der Waals surface area contributed by atoms with Crippen molar-refractivity contribution in [2.75, 3.05) is 6.54 Å². The Morgan fingerprint density at radius 2 is 1.96 bits per heavy atom. The molecule has 1 heterocycles. The number of amides is 1. The van der Waals surface area contributed by atoms with Gasteiger partial charge in [0.15, 0.2) is 0 Å². The van der Waals surface area contributed by atoms with Crippen LogP contribution in [-0.4, -0.2) is 17.4 Å². The minimum atomic E-state index is -0.262. The molecule has 1 saturated heterocycles. The molecule has 2 aromatic carbocycles. The first-order chi connectivity index (χ1) is 11.1. The van der Waals surface area contributed by atoms with Crippen LogP contribution in [0.4, 0.5) is 4.39 Å². The van der Waals surface area contributed by atoms with Gasteiger partial charge in [0, 0.05) is 18.7 Å². The molecule has 0 radical (unpaired) electrons. The fraction of sp³-hybridized carbons (Fsp3) is 0.316. The number of hydrogen-bond donors (Lipinski definition) is 1. The third kappa shape index (κ3) is 3.77. The number of likely N-dealkylation sites (tertiary alicyclic amines) is 1. The summed E-state index contributed by atoms with van der Waals surface area (Å²) in [6.45, 7) is 3.27. The minimum absolute atomic E-state index is 0. The molecule has 0 spiro atoms. The van der Waals surface area contributed by atoms with Crippen molar-refractivity contribution in [2.45, 2.75) is 25.9 Å². The van der Waals surface area contributed by atoms with E-state index >= 15 is 0 Å². The van der Waals surface area contributed by atoms with Gasteiger partial charge in [-0.15, -0.1) is 12.4 Å². The lowest BCUT2D eigenvalue weighted by atomic mass is 10.0. The highest BCUT2D eigenvalue weighted by Crippen LogP contribution is 2.36. The molecule has 3 nitrogen and oxygen atoms in total. The molecule has 0 saturated carbocycles. The Labute approximate surface area is 148 Å². The topological polar surface area (TPSA) is 46.3 Å². The average Bonchev–Trinajstić information content (AvgIpc) is 2.96. The SMILES string of the molecule is CC1CC(c2cccc(F)c2)N(C(=O)c2ccc(CN)cc2)C1.Cl. The van der Waals surface area contributed by atoms with Gasteiger partial charge in [0.1, 0.15) is 5.82 Å². The second-order valence-electron chi connectivity index (χ2n) is 6.27. The van der Waals surface area contributed by atoms with Crippen LogP contribution in [0.15, 0.2) is 48.5 Å². The lowest BCUT2D eigenvalue weighted by Crippen LogP contribution is -2.31. The van der Waals surface area contributed by atoms with Gasteiger partial charge in [-0.1, -0.05) is 31.2 Å². The summed E-state index contributed by atoms with van der Waals surface area (Å²) in [5.74, 6) is 0.129. The van der Waals surface area contributed by atoms with Gasteiger partial charge in [-0.2, -0.15) is 0 Å². The van der Waals surface area contributed by atoms with Gasteiger partial charge in [0.25, 0.3) is 5.91 Å². The molecule has 2 aromatic rings. The number of benzene rings is 2. The summed E-state index contributed by atoms with van der Waals surface area (Å²) in [5, 5.41) is 0. The summed E-state index contributed by atoms with van der Waals surface area (Å²) < 4.78 is 13.5. The smallest absolute Gasteiger partial charge is 0.254 e. The third-order valence-electron chi connectivity index (χ3n) is 4.44. The molecule has 3 rings (SSSR count). The summed E-state index contributed by atoms with van der Waals surface area (Å²) >= 11 is 0. The van der Waals surface area contributed by atoms with Crippen molar-refractivity contribution in [1.82, 2.24) is 4.90 Å². The van der Waals surface area contributed by atoms with Crippen molar-refractivity contribution in [3.05, 3.63) is 71.0 Å². The average molecular weight is 349 g/mol. The van der Waals surface area contributed by atoms with Crippen molar-refractivity contribution in [2.24, 2.45) is 11.7 Å². The molecule has 1 fully saturated rings. The van der Waals surface area contributed by atoms with E-state index in [1.54, 1.807) is 6.07 Å². The van der Waals surface area contributed by atoms with E-state index in [2.05, 4.69) is 6.92 Å². The summed E-state index contributed by atoms with van der Waals surface area (Å²) in [7, 11) is 0. The molecule has 0 aromatic heterocycles. The largest absolute Gasteiger partial charge is 0.331 e. The van der Waals surface area contributed by atoms with Crippen LogP contribution >= 0.6 is 12.4 Å². The maximum atomic E-state index is 13.5. The zero-order chi connectivity index (χ0) is 16.4. The van der Waals surface area contributed by atoms with E-state index in [0.717, 1.165) is 17.5 Å². The van der Waals surface area contributed by atoms with Gasteiger partial charge in [0.05, 0.1) is 6.04 Å². The number of carbonyl (C=O) groups is 1. The van der Waals surface area contributed by atoms with Crippen LogP contribution in [-0.2, 0) is 6.54 Å². The van der Waals surface area contributed by atoms with E-state index < -0.39 is 0 Å². The Kier molecular flexibility index (Phi) is 5.97. The number of nitrogens with two attached hydrogens (primary N) is 1. The molecule has 1 amide bonds. The predicted octanol–water partition coefficient (Wildman–Crippen LogP) is 3.93. The monoisotopic (exact) mass is 348 g/mol. The second kappa shape index (κ2) is 7.77. The van der Waals surface area contributed by atoms with Gasteiger partial charge in [-0.25, -0.2) is 4.39 Å². The fourth-order valence-electron chi connectivity index (χ4n) is 3.25. The lowest BCUT2D eigenvalue weighted by molar-refractivity contribution is 0.0732. The molecule has 1 aliphatic heterocycles. The minimum Gasteiger partial charge on any atom is -0.331 e. The fourth-order valence-corrected chi connectivity index (χ4v) is 3.25. The molecule has 24 heavy (non-hydrogen) atoms. The van der Waals surface area contributed by atoms with Gasteiger partial charge in [0.2, 0.25) is 0 Å². The molecular formula is C19H22ClFN2O. The van der Waals surface area contributed by atoms with Gasteiger partial charge in [-0.05, 0) is 47.7 Å². The first kappa shape index (κ1) is 18.4. The summed E-state index contributed by atoms with van der Waals surface area (Å²) in [6, 6.07) is 13.9.